The van der Waals surface area contributed by atoms with Crippen LogP contribution >= 0.6 is 0 Å². The number of nitrogens with one attached hydrogen (secondary N) is 1. The number of hydrogen-bond donors (Lipinski definition) is 1. The number of carbonyl (C=O) groups excluding carboxylic acids is 1. The number of Topliss-reactive ketones (excluding diaryl/α,β-unsaturated/α-hetero) is 1. The zero-order chi connectivity index (χ0) is 21.3. The van der Waals surface area contributed by atoms with E-state index in [1.54, 1.807) is 13.2 Å². The molecule has 0 unspecified atom stereocenters. The van der Waals surface area contributed by atoms with E-state index in [0.717, 1.165) is 51.1 Å². The van der Waals surface area contributed by atoms with Crippen molar-refractivity contribution in [1.82, 2.24) is 15.2 Å². The maximum atomic E-state index is 12.9. The normalized spacial score (nSPS) is 11.1. The number of carbonyl (C=O) groups is 1. The van der Waals surface area contributed by atoms with Gasteiger partial charge in [0.1, 0.15) is 5.75 Å². The molecule has 152 valence electrons. The molecule has 2 aromatic heterocycles. The van der Waals surface area contributed by atoms with E-state index >= 15 is 0 Å². The van der Waals surface area contributed by atoms with Gasteiger partial charge in [-0.15, -0.1) is 0 Å². The number of benzene rings is 2. The van der Waals surface area contributed by atoms with Crippen molar-refractivity contribution in [2.75, 3.05) is 7.11 Å². The van der Waals surface area contributed by atoms with Crippen molar-refractivity contribution in [3.05, 3.63) is 76.5 Å². The Morgan fingerprint density at radius 3 is 2.67 bits per heavy atom. The van der Waals surface area contributed by atoms with Gasteiger partial charge in [0.15, 0.2) is 11.4 Å². The lowest BCUT2D eigenvalue weighted by Gasteiger charge is -2.10. The molecule has 0 fully saturated rings. The van der Waals surface area contributed by atoms with E-state index in [2.05, 4.69) is 36.2 Å². The molecule has 30 heavy (non-hydrogen) atoms. The monoisotopic (exact) mass is 399 g/mol. The van der Waals surface area contributed by atoms with Crippen LogP contribution in [0.25, 0.3) is 22.3 Å². The van der Waals surface area contributed by atoms with Gasteiger partial charge in [-0.3, -0.25) is 9.89 Å². The zero-order valence-corrected chi connectivity index (χ0v) is 17.7. The molecule has 0 aliphatic carbocycles. The summed E-state index contributed by atoms with van der Waals surface area (Å²) in [6.07, 6.45) is 1.21. The highest BCUT2D eigenvalue weighted by atomic mass is 16.5. The SMILES string of the molecule is CCc1[nH]nc2nc(-c3cc(CC(=O)c4cc(C)cc(OC)c4)ccc3C)ccc12. The number of nitrogens with zero attached hydrogens (tertiary/aromatic N) is 2. The molecule has 2 aromatic carbocycles. The average Bonchev–Trinajstić information content (AvgIpc) is 3.16. The van der Waals surface area contributed by atoms with Gasteiger partial charge in [-0.05, 0) is 73.4 Å². The van der Waals surface area contributed by atoms with Gasteiger partial charge in [-0.25, -0.2) is 4.98 Å². The molecule has 1 N–H and O–H groups in total. The third-order valence-electron chi connectivity index (χ3n) is 5.40. The van der Waals surface area contributed by atoms with Gasteiger partial charge in [0.2, 0.25) is 0 Å². The molecule has 0 atom stereocenters. The lowest BCUT2D eigenvalue weighted by atomic mass is 9.96. The Hall–Kier alpha value is -3.47. The Balaban J connectivity index is 1.65. The van der Waals surface area contributed by atoms with E-state index < -0.39 is 0 Å². The van der Waals surface area contributed by atoms with Crippen LogP contribution in [0.1, 0.15) is 39.7 Å². The molecule has 0 aliphatic rings. The van der Waals surface area contributed by atoms with Crippen molar-refractivity contribution in [2.45, 2.75) is 33.6 Å². The predicted octanol–water partition coefficient (Wildman–Crippen LogP) is 5.24. The Kier molecular flexibility index (Phi) is 5.36. The summed E-state index contributed by atoms with van der Waals surface area (Å²) in [5.74, 6) is 0.765. The molecule has 2 heterocycles. The second-order valence-corrected chi connectivity index (χ2v) is 7.61. The van der Waals surface area contributed by atoms with Gasteiger partial charge in [0.25, 0.3) is 0 Å². The number of aromatic nitrogens is 3. The first-order chi connectivity index (χ1) is 14.5. The number of methoxy groups -OCH3 is 1. The second-order valence-electron chi connectivity index (χ2n) is 7.61. The summed E-state index contributed by atoms with van der Waals surface area (Å²) in [6, 6.07) is 15.8. The minimum atomic E-state index is 0.0649. The summed E-state index contributed by atoms with van der Waals surface area (Å²) in [4.78, 5) is 17.6. The predicted molar refractivity (Wildman–Crippen MR) is 119 cm³/mol. The van der Waals surface area contributed by atoms with Crippen molar-refractivity contribution in [2.24, 2.45) is 0 Å². The number of ether oxygens (including phenoxy) is 1. The molecule has 0 spiro atoms. The molecular weight excluding hydrogens is 374 g/mol. The quantitative estimate of drug-likeness (QED) is 0.450. The highest BCUT2D eigenvalue weighted by Crippen LogP contribution is 2.27. The van der Waals surface area contributed by atoms with Gasteiger partial charge in [-0.1, -0.05) is 19.1 Å². The van der Waals surface area contributed by atoms with Gasteiger partial charge in [0.05, 0.1) is 12.8 Å². The van der Waals surface area contributed by atoms with Crippen molar-refractivity contribution < 1.29 is 9.53 Å². The lowest BCUT2D eigenvalue weighted by molar-refractivity contribution is 0.0992. The minimum Gasteiger partial charge on any atom is -0.497 e. The van der Waals surface area contributed by atoms with E-state index in [9.17, 15) is 4.79 Å². The van der Waals surface area contributed by atoms with Crippen LogP contribution in [0.5, 0.6) is 5.75 Å². The van der Waals surface area contributed by atoms with Crippen molar-refractivity contribution in [1.29, 1.82) is 0 Å². The topological polar surface area (TPSA) is 67.9 Å². The molecule has 0 saturated carbocycles. The second kappa shape index (κ2) is 8.11. The van der Waals surface area contributed by atoms with Crippen molar-refractivity contribution >= 4 is 16.8 Å². The molecule has 4 rings (SSSR count). The van der Waals surface area contributed by atoms with E-state index in [4.69, 9.17) is 9.72 Å². The van der Waals surface area contributed by atoms with Crippen LogP contribution in [0, 0.1) is 13.8 Å². The number of hydrogen-bond acceptors (Lipinski definition) is 4. The smallest absolute Gasteiger partial charge is 0.181 e. The number of H-pyrrole nitrogens is 1. The minimum absolute atomic E-state index is 0.0649. The van der Waals surface area contributed by atoms with Crippen LogP contribution < -0.4 is 4.74 Å². The third-order valence-corrected chi connectivity index (χ3v) is 5.40. The van der Waals surface area contributed by atoms with E-state index in [1.807, 2.05) is 37.3 Å². The summed E-state index contributed by atoms with van der Waals surface area (Å²) in [5, 5.41) is 8.45. The number of rotatable bonds is 6. The molecule has 5 nitrogen and oxygen atoms in total. The maximum absolute atomic E-state index is 12.9. The molecular formula is C25H25N3O2. The fourth-order valence-electron chi connectivity index (χ4n) is 3.74. The van der Waals surface area contributed by atoms with Gasteiger partial charge in [0, 0.05) is 28.6 Å². The van der Waals surface area contributed by atoms with E-state index in [1.165, 1.54) is 0 Å². The fraction of sp³-hybridized carbons (Fsp3) is 0.240. The highest BCUT2D eigenvalue weighted by molar-refractivity contribution is 5.98. The Labute approximate surface area is 176 Å². The van der Waals surface area contributed by atoms with Gasteiger partial charge >= 0.3 is 0 Å². The Morgan fingerprint density at radius 2 is 1.90 bits per heavy atom. The Morgan fingerprint density at radius 1 is 1.07 bits per heavy atom. The van der Waals surface area contributed by atoms with Gasteiger partial charge in [-0.2, -0.15) is 5.10 Å². The number of aryl methyl sites for hydroxylation is 3. The number of fused-ring (bicyclic) bond motifs is 1. The number of aromatic amines is 1. The summed E-state index contributed by atoms with van der Waals surface area (Å²) in [7, 11) is 1.61. The molecule has 0 amide bonds. The summed E-state index contributed by atoms with van der Waals surface area (Å²) in [5.41, 5.74) is 7.43. The van der Waals surface area contributed by atoms with Crippen LogP contribution in [0.2, 0.25) is 0 Å². The number of ketones is 1. The summed E-state index contributed by atoms with van der Waals surface area (Å²) >= 11 is 0. The van der Waals surface area contributed by atoms with Crippen LogP contribution in [0.15, 0.2) is 48.5 Å². The maximum Gasteiger partial charge on any atom is 0.181 e. The van der Waals surface area contributed by atoms with Crippen LogP contribution in [0.4, 0.5) is 0 Å². The van der Waals surface area contributed by atoms with Crippen molar-refractivity contribution in [3.8, 4) is 17.0 Å². The largest absolute Gasteiger partial charge is 0.497 e. The first kappa shape index (κ1) is 19.8. The van der Waals surface area contributed by atoms with Crippen LogP contribution in [0.3, 0.4) is 0 Å². The highest BCUT2D eigenvalue weighted by Gasteiger charge is 2.13. The molecule has 0 bridgehead atoms. The van der Waals surface area contributed by atoms with E-state index in [0.29, 0.717) is 17.7 Å². The zero-order valence-electron chi connectivity index (χ0n) is 17.7. The molecule has 0 saturated heterocycles. The van der Waals surface area contributed by atoms with Crippen LogP contribution in [-0.4, -0.2) is 28.1 Å². The standard InChI is InChI=1S/C25H25N3O2/c1-5-22-20-8-9-23(26-25(20)28-27-22)21-12-17(7-6-16(21)3)13-24(29)18-10-15(2)11-19(14-18)30-4/h6-12,14H,5,13H2,1-4H3,(H,26,27,28). The van der Waals surface area contributed by atoms with Crippen molar-refractivity contribution in [3.63, 3.8) is 0 Å². The first-order valence-corrected chi connectivity index (χ1v) is 10.1. The van der Waals surface area contributed by atoms with E-state index in [-0.39, 0.29) is 5.78 Å². The molecule has 5 heteroatoms. The van der Waals surface area contributed by atoms with Crippen LogP contribution in [-0.2, 0) is 12.8 Å². The Bertz CT molecular complexity index is 1240. The number of pyridine rings is 1. The fourth-order valence-corrected chi connectivity index (χ4v) is 3.74. The average molecular weight is 399 g/mol. The molecule has 0 radical (unpaired) electrons. The van der Waals surface area contributed by atoms with Gasteiger partial charge < -0.3 is 4.74 Å². The first-order valence-electron chi connectivity index (χ1n) is 10.1. The molecule has 0 aliphatic heterocycles. The summed E-state index contributed by atoms with van der Waals surface area (Å²) in [6.45, 7) is 6.11. The molecule has 4 aromatic rings. The lowest BCUT2D eigenvalue weighted by Crippen LogP contribution is -2.05. The third kappa shape index (κ3) is 3.83. The summed E-state index contributed by atoms with van der Waals surface area (Å²) < 4.78 is 5.30.